The van der Waals surface area contributed by atoms with Crippen LogP contribution in [0.25, 0.3) is 10.4 Å². The summed E-state index contributed by atoms with van der Waals surface area (Å²) in [7, 11) is 0. The van der Waals surface area contributed by atoms with E-state index in [4.69, 9.17) is 5.11 Å². The number of nitriles is 1. The van der Waals surface area contributed by atoms with Crippen molar-refractivity contribution in [3.63, 3.8) is 0 Å². The maximum absolute atomic E-state index is 11.1. The molecule has 1 aromatic carbocycles. The number of aromatic carboxylic acids is 1. The SMILES string of the molecule is Cc1ccc(-c2sc(C(=O)O)c(C)c2C#N)cc1. The lowest BCUT2D eigenvalue weighted by atomic mass is 10.1. The quantitative estimate of drug-likeness (QED) is 0.894. The highest BCUT2D eigenvalue weighted by molar-refractivity contribution is 7.17. The van der Waals surface area contributed by atoms with Gasteiger partial charge in [0.2, 0.25) is 0 Å². The molecule has 0 aliphatic carbocycles. The zero-order chi connectivity index (χ0) is 13.3. The van der Waals surface area contributed by atoms with E-state index in [0.29, 0.717) is 11.1 Å². The maximum Gasteiger partial charge on any atom is 0.346 e. The van der Waals surface area contributed by atoms with E-state index in [1.165, 1.54) is 0 Å². The first-order valence-corrected chi connectivity index (χ1v) is 6.20. The summed E-state index contributed by atoms with van der Waals surface area (Å²) in [5, 5.41) is 18.3. The highest BCUT2D eigenvalue weighted by Gasteiger charge is 2.20. The van der Waals surface area contributed by atoms with E-state index in [-0.39, 0.29) is 4.88 Å². The topological polar surface area (TPSA) is 61.1 Å². The van der Waals surface area contributed by atoms with Gasteiger partial charge in [-0.25, -0.2) is 4.79 Å². The van der Waals surface area contributed by atoms with Gasteiger partial charge in [-0.3, -0.25) is 0 Å². The van der Waals surface area contributed by atoms with Crippen LogP contribution in [0.2, 0.25) is 0 Å². The molecule has 1 N–H and O–H groups in total. The Morgan fingerprint density at radius 3 is 2.39 bits per heavy atom. The van der Waals surface area contributed by atoms with E-state index in [1.54, 1.807) is 6.92 Å². The van der Waals surface area contributed by atoms with Crippen LogP contribution in [-0.4, -0.2) is 11.1 Å². The number of benzene rings is 1. The number of carboxylic acid groups (broad SMARTS) is 1. The number of thiophene rings is 1. The van der Waals surface area contributed by atoms with Crippen molar-refractivity contribution in [2.24, 2.45) is 0 Å². The highest BCUT2D eigenvalue weighted by Crippen LogP contribution is 2.36. The monoisotopic (exact) mass is 257 g/mol. The van der Waals surface area contributed by atoms with Crippen molar-refractivity contribution in [3.05, 3.63) is 45.8 Å². The molecule has 90 valence electrons. The first-order valence-electron chi connectivity index (χ1n) is 5.38. The van der Waals surface area contributed by atoms with Gasteiger partial charge in [0.1, 0.15) is 10.9 Å². The molecule has 2 aromatic rings. The lowest BCUT2D eigenvalue weighted by molar-refractivity contribution is 0.0701. The third-order valence-electron chi connectivity index (χ3n) is 2.77. The van der Waals surface area contributed by atoms with Gasteiger partial charge >= 0.3 is 5.97 Å². The van der Waals surface area contributed by atoms with Gasteiger partial charge < -0.3 is 5.11 Å². The van der Waals surface area contributed by atoms with E-state index in [0.717, 1.165) is 27.3 Å². The molecule has 0 atom stereocenters. The van der Waals surface area contributed by atoms with E-state index >= 15 is 0 Å². The van der Waals surface area contributed by atoms with Crippen molar-refractivity contribution in [2.45, 2.75) is 13.8 Å². The normalized spacial score (nSPS) is 10.1. The molecule has 0 radical (unpaired) electrons. The summed E-state index contributed by atoms with van der Waals surface area (Å²) in [6, 6.07) is 9.82. The van der Waals surface area contributed by atoms with Crippen LogP contribution in [0.5, 0.6) is 0 Å². The van der Waals surface area contributed by atoms with Crippen LogP contribution in [-0.2, 0) is 0 Å². The second kappa shape index (κ2) is 4.63. The fraction of sp³-hybridized carbons (Fsp3) is 0.143. The molecule has 0 aliphatic rings. The molecular weight excluding hydrogens is 246 g/mol. The summed E-state index contributed by atoms with van der Waals surface area (Å²) >= 11 is 1.16. The summed E-state index contributed by atoms with van der Waals surface area (Å²) in [5.41, 5.74) is 3.02. The molecule has 1 aromatic heterocycles. The molecule has 0 spiro atoms. The number of carbonyl (C=O) groups is 1. The van der Waals surface area contributed by atoms with Gasteiger partial charge in [0.25, 0.3) is 0 Å². The minimum absolute atomic E-state index is 0.238. The molecular formula is C14H11NO2S. The molecule has 0 unspecified atom stereocenters. The van der Waals surface area contributed by atoms with E-state index in [9.17, 15) is 10.1 Å². The Hall–Kier alpha value is -2.12. The van der Waals surface area contributed by atoms with E-state index < -0.39 is 5.97 Å². The summed E-state index contributed by atoms with van der Waals surface area (Å²) in [6.07, 6.45) is 0. The van der Waals surface area contributed by atoms with Crippen LogP contribution in [0, 0.1) is 25.2 Å². The van der Waals surface area contributed by atoms with Crippen molar-refractivity contribution >= 4 is 17.3 Å². The van der Waals surface area contributed by atoms with Crippen molar-refractivity contribution < 1.29 is 9.90 Å². The average Bonchev–Trinajstić information content (AvgIpc) is 2.67. The van der Waals surface area contributed by atoms with Gasteiger partial charge in [-0.15, -0.1) is 11.3 Å². The zero-order valence-electron chi connectivity index (χ0n) is 10.0. The Morgan fingerprint density at radius 1 is 1.28 bits per heavy atom. The third-order valence-corrected chi connectivity index (χ3v) is 4.10. The number of hydrogen-bond donors (Lipinski definition) is 1. The second-order valence-electron chi connectivity index (χ2n) is 4.04. The predicted octanol–water partition coefficient (Wildman–Crippen LogP) is 3.60. The number of carboxylic acids is 1. The van der Waals surface area contributed by atoms with Gasteiger partial charge in [0, 0.05) is 0 Å². The molecule has 0 saturated heterocycles. The van der Waals surface area contributed by atoms with E-state index in [1.807, 2.05) is 31.2 Å². The van der Waals surface area contributed by atoms with Gasteiger partial charge in [-0.1, -0.05) is 29.8 Å². The van der Waals surface area contributed by atoms with Crippen molar-refractivity contribution in [1.82, 2.24) is 0 Å². The minimum Gasteiger partial charge on any atom is -0.477 e. The number of nitrogens with zero attached hydrogens (tertiary/aromatic N) is 1. The zero-order valence-corrected chi connectivity index (χ0v) is 10.8. The fourth-order valence-electron chi connectivity index (χ4n) is 1.76. The van der Waals surface area contributed by atoms with Gasteiger partial charge in [-0.05, 0) is 25.0 Å². The number of hydrogen-bond acceptors (Lipinski definition) is 3. The Kier molecular flexibility index (Phi) is 3.17. The molecule has 0 fully saturated rings. The fourth-order valence-corrected chi connectivity index (χ4v) is 2.86. The number of aryl methyl sites for hydroxylation is 1. The van der Waals surface area contributed by atoms with Crippen molar-refractivity contribution in [2.75, 3.05) is 0 Å². The van der Waals surface area contributed by atoms with Crippen LogP contribution in [0.1, 0.15) is 26.4 Å². The third kappa shape index (κ3) is 2.01. The second-order valence-corrected chi connectivity index (χ2v) is 5.06. The van der Waals surface area contributed by atoms with Gasteiger partial charge in [-0.2, -0.15) is 5.26 Å². The lowest BCUT2D eigenvalue weighted by Crippen LogP contribution is -1.94. The highest BCUT2D eigenvalue weighted by atomic mass is 32.1. The molecule has 4 heteroatoms. The molecule has 3 nitrogen and oxygen atoms in total. The Labute approximate surface area is 109 Å². The minimum atomic E-state index is -0.979. The number of rotatable bonds is 2. The first kappa shape index (κ1) is 12.3. The maximum atomic E-state index is 11.1. The van der Waals surface area contributed by atoms with Crippen LogP contribution >= 0.6 is 11.3 Å². The smallest absolute Gasteiger partial charge is 0.346 e. The standard InChI is InChI=1S/C14H11NO2S/c1-8-3-5-10(6-4-8)13-11(7-15)9(2)12(18-13)14(16)17/h3-6H,1-2H3,(H,16,17). The Morgan fingerprint density at radius 2 is 1.89 bits per heavy atom. The Bertz CT molecular complexity index is 648. The lowest BCUT2D eigenvalue weighted by Gasteiger charge is -1.99. The van der Waals surface area contributed by atoms with Gasteiger partial charge in [0.15, 0.2) is 0 Å². The van der Waals surface area contributed by atoms with Crippen molar-refractivity contribution in [1.29, 1.82) is 5.26 Å². The van der Waals surface area contributed by atoms with E-state index in [2.05, 4.69) is 6.07 Å². The summed E-state index contributed by atoms with van der Waals surface area (Å²) in [5.74, 6) is -0.979. The molecule has 0 bridgehead atoms. The molecule has 1 heterocycles. The molecule has 0 amide bonds. The summed E-state index contributed by atoms with van der Waals surface area (Å²) in [4.78, 5) is 12.1. The molecule has 2 rings (SSSR count). The first-order chi connectivity index (χ1) is 8.54. The largest absolute Gasteiger partial charge is 0.477 e. The van der Waals surface area contributed by atoms with Crippen LogP contribution in [0.4, 0.5) is 0 Å². The van der Waals surface area contributed by atoms with Crippen LogP contribution < -0.4 is 0 Å². The van der Waals surface area contributed by atoms with Gasteiger partial charge in [0.05, 0.1) is 10.4 Å². The van der Waals surface area contributed by atoms with Crippen molar-refractivity contribution in [3.8, 4) is 16.5 Å². The molecule has 18 heavy (non-hydrogen) atoms. The predicted molar refractivity (Wildman–Crippen MR) is 70.9 cm³/mol. The molecule has 0 aliphatic heterocycles. The summed E-state index contributed by atoms with van der Waals surface area (Å²) < 4.78 is 0. The average molecular weight is 257 g/mol. The van der Waals surface area contributed by atoms with Crippen LogP contribution in [0.15, 0.2) is 24.3 Å². The molecule has 0 saturated carbocycles. The summed E-state index contributed by atoms with van der Waals surface area (Å²) in [6.45, 7) is 3.66. The Balaban J connectivity index is 2.65. The van der Waals surface area contributed by atoms with Crippen LogP contribution in [0.3, 0.4) is 0 Å².